The van der Waals surface area contributed by atoms with Crippen LogP contribution in [0.25, 0.3) is 11.2 Å². The lowest BCUT2D eigenvalue weighted by Gasteiger charge is -2.62. The average molecular weight is 580 g/mol. The van der Waals surface area contributed by atoms with Crippen molar-refractivity contribution in [1.82, 2.24) is 24.5 Å². The molecule has 4 aliphatic carbocycles. The first kappa shape index (κ1) is 26.3. The Labute approximate surface area is 238 Å². The van der Waals surface area contributed by atoms with Crippen molar-refractivity contribution in [1.29, 1.82) is 0 Å². The molecule has 3 unspecified atom stereocenters. The number of carboxylic acids is 1. The van der Waals surface area contributed by atoms with Gasteiger partial charge in [-0.25, -0.2) is 19.2 Å². The van der Waals surface area contributed by atoms with Crippen LogP contribution in [0.15, 0.2) is 34.4 Å². The molecule has 4 aromatic rings. The molecule has 4 aliphatic rings. The minimum atomic E-state index is -1.11. The highest BCUT2D eigenvalue weighted by Gasteiger charge is 2.62. The van der Waals surface area contributed by atoms with Crippen LogP contribution in [0.4, 0.5) is 4.39 Å². The fourth-order valence-electron chi connectivity index (χ4n) is 8.06. The van der Waals surface area contributed by atoms with Crippen LogP contribution in [0.1, 0.15) is 79.3 Å². The van der Waals surface area contributed by atoms with Crippen LogP contribution in [0.5, 0.6) is 11.8 Å². The first-order valence-corrected chi connectivity index (χ1v) is 14.9. The summed E-state index contributed by atoms with van der Waals surface area (Å²) in [6.45, 7) is 2.32. The zero-order chi connectivity index (χ0) is 28.5. The van der Waals surface area contributed by atoms with E-state index in [4.69, 9.17) is 9.72 Å². The number of benzene rings is 1. The second-order valence-electron chi connectivity index (χ2n) is 12.1. The molecule has 4 fully saturated rings. The number of thiazole rings is 1. The molecule has 10 nitrogen and oxygen atoms in total. The number of fused-ring (bicyclic) bond motifs is 1. The number of aromatic amines is 1. The molecule has 8 rings (SSSR count). The number of hydrogen-bond donors (Lipinski definition) is 3. The van der Waals surface area contributed by atoms with E-state index in [-0.39, 0.29) is 34.1 Å². The predicted molar refractivity (Wildman–Crippen MR) is 148 cm³/mol. The van der Waals surface area contributed by atoms with Gasteiger partial charge in [0, 0.05) is 28.8 Å². The van der Waals surface area contributed by atoms with E-state index >= 15 is 0 Å². The van der Waals surface area contributed by atoms with Crippen LogP contribution in [0.2, 0.25) is 0 Å². The van der Waals surface area contributed by atoms with Gasteiger partial charge in [-0.3, -0.25) is 9.36 Å². The molecule has 0 spiro atoms. The van der Waals surface area contributed by atoms with Crippen molar-refractivity contribution >= 4 is 28.5 Å². The average Bonchev–Trinajstić information content (AvgIpc) is 3.58. The van der Waals surface area contributed by atoms with Gasteiger partial charge >= 0.3 is 12.0 Å². The third-order valence-electron chi connectivity index (χ3n) is 9.19. The molecule has 12 heteroatoms. The summed E-state index contributed by atoms with van der Waals surface area (Å²) in [7, 11) is 0. The number of rotatable bonds is 8. The minimum Gasteiger partial charge on any atom is -0.476 e. The standard InChI is InChI=1S/C29H30FN5O5S/c1-2-6-35-24(37)20-22(34-27(35)40-18-5-3-4-17(30)8-18)33-26(32-20)29-11-15-7-16(12-29)10-28(9-15,14-29)21(36)23-31-19(13-41-23)25(38)39/h3-5,8,13,15-16,21,36H,2,6-7,9-12,14H2,1H3,(H,32,33)(H,38,39). The summed E-state index contributed by atoms with van der Waals surface area (Å²) < 4.78 is 21.1. The number of ether oxygens (including phenoxy) is 1. The molecule has 0 amide bonds. The van der Waals surface area contributed by atoms with Crippen LogP contribution >= 0.6 is 11.3 Å². The van der Waals surface area contributed by atoms with Gasteiger partial charge in [0.25, 0.3) is 5.56 Å². The van der Waals surface area contributed by atoms with Gasteiger partial charge in [-0.05, 0) is 68.9 Å². The summed E-state index contributed by atoms with van der Waals surface area (Å²) in [5, 5.41) is 22.9. The Balaban J connectivity index is 1.28. The number of aliphatic hydroxyl groups is 1. The predicted octanol–water partition coefficient (Wildman–Crippen LogP) is 5.19. The summed E-state index contributed by atoms with van der Waals surface area (Å²) in [4.78, 5) is 42.1. The van der Waals surface area contributed by atoms with Crippen LogP contribution in [-0.4, -0.2) is 40.7 Å². The lowest BCUT2D eigenvalue weighted by Crippen LogP contribution is -2.56. The Bertz CT molecular complexity index is 1720. The topological polar surface area (TPSA) is 143 Å². The summed E-state index contributed by atoms with van der Waals surface area (Å²) in [6.07, 6.45) is 5.03. The van der Waals surface area contributed by atoms with Gasteiger partial charge in [-0.2, -0.15) is 4.98 Å². The van der Waals surface area contributed by atoms with Crippen molar-refractivity contribution in [2.75, 3.05) is 0 Å². The van der Waals surface area contributed by atoms with E-state index in [1.807, 2.05) is 6.92 Å². The second kappa shape index (κ2) is 9.45. The number of nitrogens with zero attached hydrogens (tertiary/aromatic N) is 4. The molecule has 0 aliphatic heterocycles. The van der Waals surface area contributed by atoms with E-state index < -0.39 is 23.3 Å². The van der Waals surface area contributed by atoms with Gasteiger partial charge in [0.05, 0.1) is 0 Å². The lowest BCUT2D eigenvalue weighted by molar-refractivity contribution is -0.136. The number of hydrogen-bond acceptors (Lipinski definition) is 8. The van der Waals surface area contributed by atoms with Crippen molar-refractivity contribution in [2.45, 2.75) is 69.9 Å². The monoisotopic (exact) mass is 579 g/mol. The SMILES string of the molecule is CCCn1c(Oc2cccc(F)c2)nc2nc(C34CC5CC(C3)CC(C(O)c3nc(C(=O)O)cs3)(C5)C4)[nH]c2c1=O. The smallest absolute Gasteiger partial charge is 0.355 e. The van der Waals surface area contributed by atoms with E-state index in [1.54, 1.807) is 6.07 Å². The second-order valence-corrected chi connectivity index (χ2v) is 13.0. The molecule has 214 valence electrons. The lowest BCUT2D eigenvalue weighted by atomic mass is 9.43. The van der Waals surface area contributed by atoms with Crippen molar-refractivity contribution in [3.63, 3.8) is 0 Å². The molecule has 4 saturated carbocycles. The molecule has 3 heterocycles. The third kappa shape index (κ3) is 4.26. The van der Waals surface area contributed by atoms with Crippen molar-refractivity contribution in [3.8, 4) is 11.8 Å². The quantitative estimate of drug-likeness (QED) is 0.259. The fraction of sp³-hybridized carbons (Fsp3) is 0.483. The number of nitrogens with one attached hydrogen (secondary N) is 1. The zero-order valence-corrected chi connectivity index (χ0v) is 23.3. The number of carboxylic acid groups (broad SMARTS) is 1. The van der Waals surface area contributed by atoms with Gasteiger partial charge in [-0.1, -0.05) is 13.0 Å². The molecule has 3 aromatic heterocycles. The van der Waals surface area contributed by atoms with E-state index in [2.05, 4.69) is 15.0 Å². The Morgan fingerprint density at radius 2 is 2.02 bits per heavy atom. The highest BCUT2D eigenvalue weighted by Crippen LogP contribution is 2.68. The van der Waals surface area contributed by atoms with Crippen LogP contribution in [-0.2, 0) is 12.0 Å². The Hall–Kier alpha value is -3.64. The van der Waals surface area contributed by atoms with Crippen LogP contribution < -0.4 is 10.3 Å². The number of aliphatic hydroxyl groups excluding tert-OH is 1. The van der Waals surface area contributed by atoms with Crippen LogP contribution in [0.3, 0.4) is 0 Å². The highest BCUT2D eigenvalue weighted by atomic mass is 32.1. The Morgan fingerprint density at radius 3 is 2.71 bits per heavy atom. The van der Waals surface area contributed by atoms with E-state index in [1.165, 1.54) is 39.5 Å². The Kier molecular flexibility index (Phi) is 6.06. The van der Waals surface area contributed by atoms with Gasteiger partial charge in [-0.15, -0.1) is 11.3 Å². The molecule has 41 heavy (non-hydrogen) atoms. The molecule has 3 atom stereocenters. The summed E-state index contributed by atoms with van der Waals surface area (Å²) in [5.41, 5.74) is -0.615. The number of aromatic nitrogens is 5. The highest BCUT2D eigenvalue weighted by molar-refractivity contribution is 7.09. The molecule has 0 saturated heterocycles. The molecular formula is C29H30FN5O5S. The van der Waals surface area contributed by atoms with E-state index in [0.29, 0.717) is 47.6 Å². The number of H-pyrrole nitrogens is 1. The number of imidazole rings is 1. The van der Waals surface area contributed by atoms with Crippen molar-refractivity contribution in [3.05, 3.63) is 62.3 Å². The minimum absolute atomic E-state index is 0.0496. The number of carbonyl (C=O) groups is 1. The van der Waals surface area contributed by atoms with E-state index in [0.717, 1.165) is 32.1 Å². The normalized spacial score (nSPS) is 27.4. The van der Waals surface area contributed by atoms with Gasteiger partial charge in [0.2, 0.25) is 0 Å². The molecular weight excluding hydrogens is 549 g/mol. The van der Waals surface area contributed by atoms with Crippen LogP contribution in [0, 0.1) is 23.1 Å². The molecule has 1 aromatic carbocycles. The summed E-state index contributed by atoms with van der Waals surface area (Å²) in [5.74, 6) is 0.140. The maximum atomic E-state index is 13.8. The first-order chi connectivity index (χ1) is 19.7. The number of aromatic carboxylic acids is 1. The Morgan fingerprint density at radius 1 is 1.24 bits per heavy atom. The summed E-state index contributed by atoms with van der Waals surface area (Å²) in [6, 6.07) is 5.75. The fourth-order valence-corrected chi connectivity index (χ4v) is 8.97. The van der Waals surface area contributed by atoms with Gasteiger partial charge in [0.15, 0.2) is 16.9 Å². The largest absolute Gasteiger partial charge is 0.476 e. The zero-order valence-electron chi connectivity index (χ0n) is 22.5. The molecule has 3 N–H and O–H groups in total. The number of halogens is 1. The summed E-state index contributed by atoms with van der Waals surface area (Å²) >= 11 is 1.19. The molecule has 0 radical (unpaired) electrons. The molecule has 4 bridgehead atoms. The maximum Gasteiger partial charge on any atom is 0.355 e. The van der Waals surface area contributed by atoms with Crippen molar-refractivity contribution in [2.24, 2.45) is 17.3 Å². The van der Waals surface area contributed by atoms with Gasteiger partial charge < -0.3 is 19.9 Å². The van der Waals surface area contributed by atoms with Gasteiger partial charge in [0.1, 0.15) is 28.5 Å². The maximum absolute atomic E-state index is 13.8. The first-order valence-electron chi connectivity index (χ1n) is 14.0. The van der Waals surface area contributed by atoms with Crippen molar-refractivity contribution < 1.29 is 24.1 Å². The third-order valence-corrected chi connectivity index (χ3v) is 10.1. The van der Waals surface area contributed by atoms with E-state index in [9.17, 15) is 24.2 Å².